The van der Waals surface area contributed by atoms with Gasteiger partial charge in [-0.1, -0.05) is 32.4 Å². The molecular formula is C10H16IN. The van der Waals surface area contributed by atoms with Crippen molar-refractivity contribution in [1.29, 1.82) is 0 Å². The first kappa shape index (κ1) is 10.1. The molecule has 1 atom stereocenters. The van der Waals surface area contributed by atoms with Gasteiger partial charge in [0.2, 0.25) is 0 Å². The lowest BCUT2D eigenvalue weighted by atomic mass is 10.0. The van der Waals surface area contributed by atoms with Crippen LogP contribution in [0.5, 0.6) is 0 Å². The largest absolute Gasteiger partial charge is 0.314 e. The Kier molecular flexibility index (Phi) is 4.12. The summed E-state index contributed by atoms with van der Waals surface area (Å²) in [5.74, 6) is 0.705. The number of allylic oxidation sites excluding steroid dienone is 3. The van der Waals surface area contributed by atoms with Crippen molar-refractivity contribution in [2.24, 2.45) is 5.92 Å². The maximum absolute atomic E-state index is 2.39. The van der Waals surface area contributed by atoms with E-state index in [1.165, 1.54) is 18.5 Å². The van der Waals surface area contributed by atoms with Gasteiger partial charge in [-0.2, -0.15) is 0 Å². The van der Waals surface area contributed by atoms with Crippen LogP contribution in [0.2, 0.25) is 0 Å². The lowest BCUT2D eigenvalue weighted by Crippen LogP contribution is -2.18. The summed E-state index contributed by atoms with van der Waals surface area (Å²) in [6.45, 7) is 5.61. The van der Waals surface area contributed by atoms with Crippen molar-refractivity contribution in [3.63, 3.8) is 0 Å². The summed E-state index contributed by atoms with van der Waals surface area (Å²) in [5, 5.41) is 0. The van der Waals surface area contributed by atoms with Gasteiger partial charge in [0, 0.05) is 12.2 Å². The number of hydrogen-bond acceptors (Lipinski definition) is 1. The summed E-state index contributed by atoms with van der Waals surface area (Å²) in [6, 6.07) is 0. The Hall–Kier alpha value is 0.0100. The van der Waals surface area contributed by atoms with Crippen LogP contribution in [-0.2, 0) is 0 Å². The maximum Gasteiger partial charge on any atom is 0.0591 e. The van der Waals surface area contributed by atoms with E-state index in [0.717, 1.165) is 6.54 Å². The van der Waals surface area contributed by atoms with Gasteiger partial charge < -0.3 is 3.11 Å². The maximum atomic E-state index is 2.39. The van der Waals surface area contributed by atoms with Crippen molar-refractivity contribution in [3.05, 3.63) is 23.9 Å². The summed E-state index contributed by atoms with van der Waals surface area (Å²) in [5.41, 5.74) is 1.47. The highest BCUT2D eigenvalue weighted by Crippen LogP contribution is 2.25. The minimum Gasteiger partial charge on any atom is -0.314 e. The molecule has 2 heteroatoms. The van der Waals surface area contributed by atoms with Gasteiger partial charge >= 0.3 is 0 Å². The molecule has 0 aromatic rings. The smallest absolute Gasteiger partial charge is 0.0591 e. The predicted molar refractivity (Wildman–Crippen MR) is 62.0 cm³/mol. The Bertz CT molecular complexity index is 196. The third kappa shape index (κ3) is 2.51. The minimum atomic E-state index is 0.705. The van der Waals surface area contributed by atoms with Crippen LogP contribution in [0, 0.1) is 5.92 Å². The highest BCUT2D eigenvalue weighted by Gasteiger charge is 2.13. The van der Waals surface area contributed by atoms with Gasteiger partial charge in [0.25, 0.3) is 0 Å². The molecule has 0 fully saturated rings. The lowest BCUT2D eigenvalue weighted by Gasteiger charge is -2.25. The van der Waals surface area contributed by atoms with Crippen LogP contribution in [0.15, 0.2) is 23.9 Å². The lowest BCUT2D eigenvalue weighted by molar-refractivity contribution is 0.499. The first-order chi connectivity index (χ1) is 5.75. The van der Waals surface area contributed by atoms with Crippen LogP contribution < -0.4 is 0 Å². The van der Waals surface area contributed by atoms with E-state index in [1.807, 2.05) is 0 Å². The fourth-order valence-corrected chi connectivity index (χ4v) is 2.35. The summed E-state index contributed by atoms with van der Waals surface area (Å²) in [6.07, 6.45) is 9.15. The monoisotopic (exact) mass is 277 g/mol. The zero-order valence-corrected chi connectivity index (χ0v) is 9.91. The van der Waals surface area contributed by atoms with E-state index in [1.54, 1.807) is 0 Å². The molecule has 0 bridgehead atoms. The average molecular weight is 277 g/mol. The average Bonchev–Trinajstić information content (AvgIpc) is 2.05. The van der Waals surface area contributed by atoms with Crippen molar-refractivity contribution in [2.75, 3.05) is 6.54 Å². The molecule has 68 valence electrons. The van der Waals surface area contributed by atoms with Gasteiger partial charge in [0.1, 0.15) is 0 Å². The summed E-state index contributed by atoms with van der Waals surface area (Å²) < 4.78 is 2.30. The molecule has 0 aromatic carbocycles. The highest BCUT2D eigenvalue weighted by atomic mass is 127. The standard InChI is InChI=1S/C10H16IN/c1-3-6-9(2)10-7-4-5-8-12(10)11/h4-5,7,9H,3,6,8H2,1-2H3. The van der Waals surface area contributed by atoms with Crippen LogP contribution in [-0.4, -0.2) is 9.66 Å². The normalized spacial score (nSPS) is 19.2. The molecule has 1 aliphatic heterocycles. The number of hydrogen-bond donors (Lipinski definition) is 0. The second kappa shape index (κ2) is 4.90. The van der Waals surface area contributed by atoms with Crippen molar-refractivity contribution in [1.82, 2.24) is 3.11 Å². The van der Waals surface area contributed by atoms with E-state index < -0.39 is 0 Å². The number of halogens is 1. The summed E-state index contributed by atoms with van der Waals surface area (Å²) in [4.78, 5) is 0. The quantitative estimate of drug-likeness (QED) is 0.563. The second-order valence-electron chi connectivity index (χ2n) is 3.25. The van der Waals surface area contributed by atoms with Crippen LogP contribution in [0.1, 0.15) is 26.7 Å². The molecule has 12 heavy (non-hydrogen) atoms. The van der Waals surface area contributed by atoms with Gasteiger partial charge in [-0.05, 0) is 18.4 Å². The van der Waals surface area contributed by atoms with Crippen molar-refractivity contribution >= 4 is 22.9 Å². The summed E-state index contributed by atoms with van der Waals surface area (Å²) in [7, 11) is 0. The van der Waals surface area contributed by atoms with Gasteiger partial charge in [-0.3, -0.25) is 0 Å². The van der Waals surface area contributed by atoms with E-state index in [4.69, 9.17) is 0 Å². The highest BCUT2D eigenvalue weighted by molar-refractivity contribution is 14.1. The summed E-state index contributed by atoms with van der Waals surface area (Å²) >= 11 is 2.39. The van der Waals surface area contributed by atoms with Crippen LogP contribution in [0.25, 0.3) is 0 Å². The molecule has 0 spiro atoms. The van der Waals surface area contributed by atoms with Crippen LogP contribution >= 0.6 is 22.9 Å². The molecule has 0 N–H and O–H groups in total. The van der Waals surface area contributed by atoms with Gasteiger partial charge in [-0.25, -0.2) is 0 Å². The molecule has 1 unspecified atom stereocenters. The fraction of sp³-hybridized carbons (Fsp3) is 0.600. The van der Waals surface area contributed by atoms with Crippen molar-refractivity contribution in [2.45, 2.75) is 26.7 Å². The topological polar surface area (TPSA) is 3.24 Å². The SMILES string of the molecule is CCCC(C)C1=CC=CCN1I. The predicted octanol–water partition coefficient (Wildman–Crippen LogP) is 3.53. The molecule has 0 amide bonds. The van der Waals surface area contributed by atoms with Crippen molar-refractivity contribution < 1.29 is 0 Å². The van der Waals surface area contributed by atoms with E-state index in [2.05, 4.69) is 58.1 Å². The molecule has 1 rings (SSSR count). The molecule has 0 aliphatic carbocycles. The molecule has 1 nitrogen and oxygen atoms in total. The van der Waals surface area contributed by atoms with E-state index in [9.17, 15) is 0 Å². The van der Waals surface area contributed by atoms with Crippen molar-refractivity contribution in [3.8, 4) is 0 Å². The fourth-order valence-electron chi connectivity index (χ4n) is 1.49. The molecule has 0 saturated heterocycles. The van der Waals surface area contributed by atoms with Crippen LogP contribution in [0.4, 0.5) is 0 Å². The van der Waals surface area contributed by atoms with E-state index in [0.29, 0.717) is 5.92 Å². The Morgan fingerprint density at radius 3 is 3.00 bits per heavy atom. The Balaban J connectivity index is 2.58. The zero-order chi connectivity index (χ0) is 8.97. The zero-order valence-electron chi connectivity index (χ0n) is 7.76. The Morgan fingerprint density at radius 2 is 2.42 bits per heavy atom. The molecule has 1 aliphatic rings. The Labute approximate surface area is 89.0 Å². The number of rotatable bonds is 3. The molecule has 0 radical (unpaired) electrons. The first-order valence-corrected chi connectivity index (χ1v) is 5.52. The van der Waals surface area contributed by atoms with Gasteiger partial charge in [0.05, 0.1) is 22.9 Å². The molecule has 0 saturated carbocycles. The Morgan fingerprint density at radius 1 is 1.67 bits per heavy atom. The van der Waals surface area contributed by atoms with Crippen LogP contribution in [0.3, 0.4) is 0 Å². The molecular weight excluding hydrogens is 261 g/mol. The minimum absolute atomic E-state index is 0.705. The second-order valence-corrected chi connectivity index (χ2v) is 4.42. The van der Waals surface area contributed by atoms with E-state index >= 15 is 0 Å². The van der Waals surface area contributed by atoms with Gasteiger partial charge in [-0.15, -0.1) is 0 Å². The van der Waals surface area contributed by atoms with E-state index in [-0.39, 0.29) is 0 Å². The molecule has 0 aromatic heterocycles. The number of nitrogens with zero attached hydrogens (tertiary/aromatic N) is 1. The third-order valence-electron chi connectivity index (χ3n) is 2.18. The molecule has 1 heterocycles. The third-order valence-corrected chi connectivity index (χ3v) is 3.13. The van der Waals surface area contributed by atoms with Gasteiger partial charge in [0.15, 0.2) is 0 Å². The first-order valence-electron chi connectivity index (χ1n) is 4.55.